The molecule has 0 saturated heterocycles. The van der Waals surface area contributed by atoms with Gasteiger partial charge in [0, 0.05) is 12.1 Å². The van der Waals surface area contributed by atoms with Crippen LogP contribution in [0.3, 0.4) is 0 Å². The number of nitrogens with one attached hydrogen (secondary N) is 1. The summed E-state index contributed by atoms with van der Waals surface area (Å²) in [6.07, 6.45) is 6.05. The number of nitrogens with zero attached hydrogens (tertiary/aromatic N) is 4. The minimum Gasteiger partial charge on any atom is -0.477 e. The van der Waals surface area contributed by atoms with Crippen LogP contribution in [0.4, 0.5) is 0 Å². The fourth-order valence-electron chi connectivity index (χ4n) is 5.19. The highest BCUT2D eigenvalue weighted by atomic mass is 16.5. The lowest BCUT2D eigenvalue weighted by Gasteiger charge is -2.38. The Hall–Kier alpha value is -3.30. The average Bonchev–Trinajstić information content (AvgIpc) is 3.39. The molecule has 2 aliphatic carbocycles. The predicted octanol–water partition coefficient (Wildman–Crippen LogP) is 1.72. The van der Waals surface area contributed by atoms with Crippen LogP contribution in [0.2, 0.25) is 0 Å². The van der Waals surface area contributed by atoms with Gasteiger partial charge < -0.3 is 15.2 Å². The first-order valence-electron chi connectivity index (χ1n) is 10.4. The second-order valence-electron chi connectivity index (χ2n) is 8.25. The summed E-state index contributed by atoms with van der Waals surface area (Å²) < 4.78 is 6.51. The van der Waals surface area contributed by atoms with Crippen molar-refractivity contribution >= 4 is 23.6 Å². The summed E-state index contributed by atoms with van der Waals surface area (Å²) in [6.45, 7) is 5.88. The zero-order chi connectivity index (χ0) is 22.1. The van der Waals surface area contributed by atoms with Crippen molar-refractivity contribution in [1.82, 2.24) is 24.9 Å². The van der Waals surface area contributed by atoms with E-state index in [1.165, 1.54) is 16.9 Å². The molecule has 0 radical (unpaired) electrons. The molecular weight excluding hydrogens is 402 g/mol. The molecule has 0 aliphatic heterocycles. The Bertz CT molecular complexity index is 1030. The van der Waals surface area contributed by atoms with Crippen molar-refractivity contribution < 1.29 is 24.2 Å². The largest absolute Gasteiger partial charge is 0.477 e. The molecule has 1 amide bonds. The molecule has 4 rings (SSSR count). The summed E-state index contributed by atoms with van der Waals surface area (Å²) in [5.74, 6) is -1.16. The van der Waals surface area contributed by atoms with Crippen molar-refractivity contribution in [1.29, 1.82) is 0 Å². The Kier molecular flexibility index (Phi) is 5.71. The molecular formula is C21H25N5O5. The van der Waals surface area contributed by atoms with Gasteiger partial charge in [0.25, 0.3) is 11.7 Å². The van der Waals surface area contributed by atoms with E-state index in [9.17, 15) is 19.5 Å². The van der Waals surface area contributed by atoms with Crippen LogP contribution in [-0.4, -0.2) is 55.2 Å². The van der Waals surface area contributed by atoms with Gasteiger partial charge in [-0.15, -0.1) is 0 Å². The molecule has 2 N–H and O–H groups in total. The van der Waals surface area contributed by atoms with Crippen molar-refractivity contribution in [2.75, 3.05) is 6.61 Å². The molecule has 10 nitrogen and oxygen atoms in total. The Labute approximate surface area is 178 Å². The number of esters is 1. The number of fused-ring (bicyclic) bond motifs is 2. The molecule has 2 aliphatic rings. The van der Waals surface area contributed by atoms with E-state index in [1.54, 1.807) is 6.08 Å². The number of ether oxygens (including phenoxy) is 1. The third kappa shape index (κ3) is 3.89. The zero-order valence-corrected chi connectivity index (χ0v) is 17.2. The van der Waals surface area contributed by atoms with Crippen LogP contribution in [0.15, 0.2) is 25.0 Å². The topological polar surface area (TPSA) is 136 Å². The number of amides is 1. The summed E-state index contributed by atoms with van der Waals surface area (Å²) in [5, 5.41) is 16.3. The fourth-order valence-corrected chi connectivity index (χ4v) is 5.19. The van der Waals surface area contributed by atoms with Crippen LogP contribution in [0.5, 0.6) is 0 Å². The molecule has 5 atom stereocenters. The summed E-state index contributed by atoms with van der Waals surface area (Å²) in [4.78, 5) is 44.6. The maximum atomic E-state index is 13.0. The maximum Gasteiger partial charge on any atom is 0.354 e. The fraction of sp³-hybridized carbons (Fsp3) is 0.524. The predicted molar refractivity (Wildman–Crippen MR) is 108 cm³/mol. The molecule has 4 unspecified atom stereocenters. The van der Waals surface area contributed by atoms with Gasteiger partial charge in [0.2, 0.25) is 0 Å². The quantitative estimate of drug-likeness (QED) is 0.525. The Morgan fingerprint density at radius 1 is 1.29 bits per heavy atom. The van der Waals surface area contributed by atoms with Crippen molar-refractivity contribution in [3.8, 4) is 0 Å². The number of carbonyl (C=O) groups is 3. The smallest absolute Gasteiger partial charge is 0.354 e. The molecule has 2 aromatic rings. The van der Waals surface area contributed by atoms with Gasteiger partial charge in [0.05, 0.1) is 5.92 Å². The van der Waals surface area contributed by atoms with Gasteiger partial charge in [-0.25, -0.2) is 9.78 Å². The highest BCUT2D eigenvalue weighted by molar-refractivity contribution is 5.96. The highest BCUT2D eigenvalue weighted by Gasteiger charge is 2.47. The van der Waals surface area contributed by atoms with Gasteiger partial charge in [-0.3, -0.25) is 9.59 Å². The third-order valence-corrected chi connectivity index (χ3v) is 6.67. The van der Waals surface area contributed by atoms with Crippen molar-refractivity contribution in [2.24, 2.45) is 23.7 Å². The molecule has 31 heavy (non-hydrogen) atoms. The lowest BCUT2D eigenvalue weighted by Crippen LogP contribution is -2.44. The molecule has 0 bridgehead atoms. The first kappa shape index (κ1) is 21.0. The summed E-state index contributed by atoms with van der Waals surface area (Å²) in [7, 11) is 0. The van der Waals surface area contributed by atoms with Gasteiger partial charge in [-0.1, -0.05) is 19.6 Å². The first-order valence-corrected chi connectivity index (χ1v) is 10.4. The van der Waals surface area contributed by atoms with Gasteiger partial charge in [-0.2, -0.15) is 14.6 Å². The lowest BCUT2D eigenvalue weighted by molar-refractivity contribution is -0.152. The van der Waals surface area contributed by atoms with Crippen LogP contribution in [0.25, 0.3) is 5.78 Å². The van der Waals surface area contributed by atoms with Crippen LogP contribution in [0, 0.1) is 23.7 Å². The van der Waals surface area contributed by atoms with E-state index in [-0.39, 0.29) is 53.5 Å². The number of carboxylic acids is 1. The van der Waals surface area contributed by atoms with E-state index in [4.69, 9.17) is 4.74 Å². The highest BCUT2D eigenvalue weighted by Crippen LogP contribution is 2.48. The number of aromatic nitrogens is 4. The SMILES string of the molecule is C=CCOC(=O)C1CCC2C(CC[C@@H]2NC(=O)c2cc(C(=O)O)nc3ncnn23)C1C. The molecule has 164 valence electrons. The summed E-state index contributed by atoms with van der Waals surface area (Å²) in [6, 6.07) is 1.16. The molecule has 2 heterocycles. The number of hydrogen-bond donors (Lipinski definition) is 2. The number of hydrogen-bond acceptors (Lipinski definition) is 7. The van der Waals surface area contributed by atoms with Crippen molar-refractivity contribution in [3.05, 3.63) is 36.4 Å². The standard InChI is InChI=1S/C21H25N5O5/c1-3-8-31-20(30)13-4-5-14-12(11(13)2)6-7-15(14)24-18(27)17-9-16(19(28)29)25-21-22-10-23-26(17)21/h3,9-15H,1,4-8H2,2H3,(H,24,27)(H,28,29)/t11?,12?,13?,14?,15-/m0/s1. The maximum absolute atomic E-state index is 13.0. The minimum atomic E-state index is -1.24. The monoisotopic (exact) mass is 427 g/mol. The molecule has 2 fully saturated rings. The second-order valence-corrected chi connectivity index (χ2v) is 8.25. The minimum absolute atomic E-state index is 0.0508. The second kappa shape index (κ2) is 8.44. The molecule has 2 aromatic heterocycles. The van der Waals surface area contributed by atoms with E-state index >= 15 is 0 Å². The Morgan fingerprint density at radius 3 is 2.81 bits per heavy atom. The number of aromatic carboxylic acids is 1. The Morgan fingerprint density at radius 2 is 2.06 bits per heavy atom. The zero-order valence-electron chi connectivity index (χ0n) is 17.2. The Balaban J connectivity index is 1.48. The van der Waals surface area contributed by atoms with Crippen molar-refractivity contribution in [2.45, 2.75) is 38.6 Å². The van der Waals surface area contributed by atoms with E-state index in [1.807, 2.05) is 0 Å². The molecule has 2 saturated carbocycles. The van der Waals surface area contributed by atoms with Gasteiger partial charge >= 0.3 is 11.9 Å². The number of carbonyl (C=O) groups excluding carboxylic acids is 2. The lowest BCUT2D eigenvalue weighted by atomic mass is 9.68. The number of carboxylic acid groups (broad SMARTS) is 1. The van der Waals surface area contributed by atoms with Gasteiger partial charge in [-0.05, 0) is 43.4 Å². The van der Waals surface area contributed by atoms with Crippen LogP contribution in [0.1, 0.15) is 53.6 Å². The number of rotatable bonds is 6. The summed E-state index contributed by atoms with van der Waals surface area (Å²) >= 11 is 0. The first-order chi connectivity index (χ1) is 14.9. The van der Waals surface area contributed by atoms with Gasteiger partial charge in [0.15, 0.2) is 5.69 Å². The average molecular weight is 427 g/mol. The molecule has 10 heteroatoms. The van der Waals surface area contributed by atoms with Crippen LogP contribution < -0.4 is 5.32 Å². The van der Waals surface area contributed by atoms with E-state index < -0.39 is 11.9 Å². The third-order valence-electron chi connectivity index (χ3n) is 6.67. The van der Waals surface area contributed by atoms with E-state index in [0.717, 1.165) is 25.7 Å². The van der Waals surface area contributed by atoms with Crippen LogP contribution >= 0.6 is 0 Å². The van der Waals surface area contributed by atoms with Gasteiger partial charge in [0.1, 0.15) is 18.6 Å². The van der Waals surface area contributed by atoms with Crippen molar-refractivity contribution in [3.63, 3.8) is 0 Å². The summed E-state index contributed by atoms with van der Waals surface area (Å²) in [5.41, 5.74) is -0.180. The normalized spacial score (nSPS) is 27.5. The molecule has 0 aromatic carbocycles. The van der Waals surface area contributed by atoms with E-state index in [2.05, 4.69) is 33.9 Å². The van der Waals surface area contributed by atoms with Crippen LogP contribution in [-0.2, 0) is 9.53 Å². The van der Waals surface area contributed by atoms with E-state index in [0.29, 0.717) is 5.92 Å². The molecule has 0 spiro atoms.